The van der Waals surface area contributed by atoms with E-state index in [1.54, 1.807) is 0 Å². The Labute approximate surface area is 316 Å². The van der Waals surface area contributed by atoms with Crippen LogP contribution in [0.5, 0.6) is 0 Å². The molecular formula is C50H31N5. The number of pyridine rings is 2. The van der Waals surface area contributed by atoms with Gasteiger partial charge in [-0.2, -0.15) is 0 Å². The van der Waals surface area contributed by atoms with Crippen LogP contribution in [-0.4, -0.2) is 24.3 Å². The Balaban J connectivity index is 1.01. The zero-order valence-electron chi connectivity index (χ0n) is 29.6. The fourth-order valence-corrected chi connectivity index (χ4v) is 7.78. The minimum Gasteiger partial charge on any atom is -0.284 e. The van der Waals surface area contributed by atoms with Crippen molar-refractivity contribution in [3.63, 3.8) is 0 Å². The molecule has 0 aliphatic rings. The smallest absolute Gasteiger partial charge is 0.165 e. The van der Waals surface area contributed by atoms with Gasteiger partial charge in [0, 0.05) is 39.2 Å². The van der Waals surface area contributed by atoms with E-state index in [0.29, 0.717) is 5.82 Å². The van der Waals surface area contributed by atoms with Gasteiger partial charge in [0.2, 0.25) is 0 Å². The first-order valence-corrected chi connectivity index (χ1v) is 18.5. The van der Waals surface area contributed by atoms with Crippen LogP contribution in [0.3, 0.4) is 0 Å². The summed E-state index contributed by atoms with van der Waals surface area (Å²) in [5.74, 6) is 0.685. The molecule has 5 nitrogen and oxygen atoms in total. The number of nitrogens with zero attached hydrogens (tertiary/aromatic N) is 5. The Morgan fingerprint density at radius 1 is 0.345 bits per heavy atom. The average molecular weight is 702 g/mol. The molecule has 0 saturated carbocycles. The third kappa shape index (κ3) is 5.41. The number of hydrogen-bond donors (Lipinski definition) is 0. The maximum Gasteiger partial charge on any atom is 0.165 e. The largest absolute Gasteiger partial charge is 0.284 e. The molecule has 0 aliphatic carbocycles. The van der Waals surface area contributed by atoms with Crippen LogP contribution in [0.25, 0.3) is 105 Å². The van der Waals surface area contributed by atoms with Crippen LogP contribution in [0.2, 0.25) is 0 Å². The van der Waals surface area contributed by atoms with Crippen molar-refractivity contribution in [2.24, 2.45) is 0 Å². The van der Waals surface area contributed by atoms with Gasteiger partial charge in [-0.1, -0.05) is 146 Å². The van der Waals surface area contributed by atoms with Crippen molar-refractivity contribution in [1.82, 2.24) is 24.3 Å². The molecule has 4 aromatic heterocycles. The van der Waals surface area contributed by atoms with Gasteiger partial charge >= 0.3 is 0 Å². The molecule has 0 bridgehead atoms. The topological polar surface area (TPSA) is 56.0 Å². The Hall–Kier alpha value is -7.50. The first-order chi connectivity index (χ1) is 27.2. The lowest BCUT2D eigenvalue weighted by molar-refractivity contribution is 1.18. The normalized spacial score (nSPS) is 11.6. The van der Waals surface area contributed by atoms with Crippen molar-refractivity contribution >= 4 is 49.1 Å². The molecule has 7 aromatic carbocycles. The molecule has 0 amide bonds. The summed E-state index contributed by atoms with van der Waals surface area (Å²) in [4.78, 5) is 20.5. The van der Waals surface area contributed by atoms with Crippen molar-refractivity contribution in [1.29, 1.82) is 0 Å². The summed E-state index contributed by atoms with van der Waals surface area (Å²) in [6.07, 6.45) is 2.03. The summed E-state index contributed by atoms with van der Waals surface area (Å²) in [6.45, 7) is 0. The van der Waals surface area contributed by atoms with E-state index >= 15 is 0 Å². The minimum absolute atomic E-state index is 0.685. The molecule has 55 heavy (non-hydrogen) atoms. The Morgan fingerprint density at radius 2 is 0.927 bits per heavy atom. The first kappa shape index (κ1) is 31.1. The zero-order valence-corrected chi connectivity index (χ0v) is 29.6. The molecule has 0 unspecified atom stereocenters. The molecule has 11 aromatic rings. The van der Waals surface area contributed by atoms with Crippen LogP contribution in [0.15, 0.2) is 188 Å². The zero-order chi connectivity index (χ0) is 36.3. The predicted octanol–water partition coefficient (Wildman–Crippen LogP) is 12.5. The molecule has 256 valence electrons. The summed E-state index contributed by atoms with van der Waals surface area (Å²) >= 11 is 0. The fraction of sp³-hybridized carbons (Fsp3) is 0. The fourth-order valence-electron chi connectivity index (χ4n) is 7.78. The van der Waals surface area contributed by atoms with Crippen LogP contribution in [-0.2, 0) is 0 Å². The summed E-state index contributed by atoms with van der Waals surface area (Å²) in [7, 11) is 0. The molecule has 0 atom stereocenters. The summed E-state index contributed by atoms with van der Waals surface area (Å²) in [5.41, 5.74) is 11.7. The lowest BCUT2D eigenvalue weighted by Gasteiger charge is -2.12. The highest BCUT2D eigenvalue weighted by Gasteiger charge is 2.16. The van der Waals surface area contributed by atoms with E-state index in [1.165, 1.54) is 21.5 Å². The number of hydrogen-bond acceptors (Lipinski definition) is 4. The van der Waals surface area contributed by atoms with Crippen molar-refractivity contribution in [2.45, 2.75) is 0 Å². The molecule has 0 saturated heterocycles. The number of imidazole rings is 1. The summed E-state index contributed by atoms with van der Waals surface area (Å²) in [6, 6.07) is 63.7. The Morgan fingerprint density at radius 3 is 1.64 bits per heavy atom. The highest BCUT2D eigenvalue weighted by atomic mass is 15.1. The lowest BCUT2D eigenvalue weighted by Crippen LogP contribution is -1.96. The van der Waals surface area contributed by atoms with Crippen molar-refractivity contribution < 1.29 is 0 Å². The molecule has 11 rings (SSSR count). The van der Waals surface area contributed by atoms with Crippen LogP contribution < -0.4 is 0 Å². The Kier molecular flexibility index (Phi) is 7.10. The van der Waals surface area contributed by atoms with E-state index in [2.05, 4.69) is 168 Å². The molecule has 4 heterocycles. The highest BCUT2D eigenvalue weighted by Crippen LogP contribution is 2.35. The van der Waals surface area contributed by atoms with Crippen LogP contribution in [0, 0.1) is 0 Å². The van der Waals surface area contributed by atoms with Crippen LogP contribution >= 0.6 is 0 Å². The second-order valence-corrected chi connectivity index (χ2v) is 14.0. The van der Waals surface area contributed by atoms with E-state index in [0.717, 1.165) is 78.0 Å². The SMILES string of the molecule is c1cc(-c2ccc(-c3nc4c(nc5ccccn54)c4ccccc34)cc2)cc(-c2nc(-c3ccc4ccccc4c3)cc(-c3ccc4ccccc4c3)n2)c1. The molecule has 0 fully saturated rings. The van der Waals surface area contributed by atoms with Gasteiger partial charge in [-0.15, -0.1) is 0 Å². The second-order valence-electron chi connectivity index (χ2n) is 14.0. The van der Waals surface area contributed by atoms with Crippen molar-refractivity contribution in [2.75, 3.05) is 0 Å². The first-order valence-electron chi connectivity index (χ1n) is 18.5. The van der Waals surface area contributed by atoms with E-state index < -0.39 is 0 Å². The van der Waals surface area contributed by atoms with Gasteiger partial charge in [-0.3, -0.25) is 4.40 Å². The molecule has 0 spiro atoms. The van der Waals surface area contributed by atoms with Gasteiger partial charge in [-0.05, 0) is 69.1 Å². The van der Waals surface area contributed by atoms with Gasteiger partial charge in [0.15, 0.2) is 11.5 Å². The molecular weight excluding hydrogens is 671 g/mol. The van der Waals surface area contributed by atoms with Gasteiger partial charge in [-0.25, -0.2) is 19.9 Å². The van der Waals surface area contributed by atoms with Crippen LogP contribution in [0.1, 0.15) is 0 Å². The van der Waals surface area contributed by atoms with E-state index in [1.807, 2.05) is 24.4 Å². The second kappa shape index (κ2) is 12.6. The van der Waals surface area contributed by atoms with Gasteiger partial charge < -0.3 is 0 Å². The molecule has 5 heteroatoms. The highest BCUT2D eigenvalue weighted by molar-refractivity contribution is 6.09. The summed E-state index contributed by atoms with van der Waals surface area (Å²) < 4.78 is 2.06. The van der Waals surface area contributed by atoms with E-state index in [4.69, 9.17) is 19.9 Å². The molecule has 0 aliphatic heterocycles. The molecule has 0 radical (unpaired) electrons. The van der Waals surface area contributed by atoms with Gasteiger partial charge in [0.1, 0.15) is 11.2 Å². The predicted molar refractivity (Wildman–Crippen MR) is 226 cm³/mol. The Bertz CT molecular complexity index is 3170. The summed E-state index contributed by atoms with van der Waals surface area (Å²) in [5, 5.41) is 6.94. The van der Waals surface area contributed by atoms with E-state index in [9.17, 15) is 0 Å². The average Bonchev–Trinajstić information content (AvgIpc) is 3.65. The van der Waals surface area contributed by atoms with Gasteiger partial charge in [0.05, 0.1) is 17.1 Å². The van der Waals surface area contributed by atoms with Crippen molar-refractivity contribution in [3.05, 3.63) is 188 Å². The lowest BCUT2D eigenvalue weighted by atomic mass is 9.98. The quantitative estimate of drug-likeness (QED) is 0.179. The monoisotopic (exact) mass is 701 g/mol. The van der Waals surface area contributed by atoms with E-state index in [-0.39, 0.29) is 0 Å². The van der Waals surface area contributed by atoms with Gasteiger partial charge in [0.25, 0.3) is 0 Å². The third-order valence-electron chi connectivity index (χ3n) is 10.6. The minimum atomic E-state index is 0.685. The third-order valence-corrected chi connectivity index (χ3v) is 10.6. The number of fused-ring (bicyclic) bond motifs is 7. The number of benzene rings is 7. The molecule has 0 N–H and O–H groups in total. The number of rotatable bonds is 5. The standard InChI is InChI=1S/C50H31N5/c1-3-12-36-28-39(25-21-32(36)10-1)44-31-45(40-26-22-33-11-2-4-13-37(33)29-40)52-49(51-44)41-15-9-14-38(30-41)34-19-23-35(24-20-34)47-42-16-5-6-17-43(42)48-50(54-47)55-27-8-7-18-46(55)53-48/h1-31H. The van der Waals surface area contributed by atoms with Crippen LogP contribution in [0.4, 0.5) is 0 Å². The number of aromatic nitrogens is 5. The maximum atomic E-state index is 5.20. The van der Waals surface area contributed by atoms with Crippen molar-refractivity contribution in [3.8, 4) is 56.3 Å². The maximum absolute atomic E-state index is 5.20.